The van der Waals surface area contributed by atoms with Crippen LogP contribution < -0.4 is 15.5 Å². The molecule has 7 heteroatoms. The number of urea groups is 1. The summed E-state index contributed by atoms with van der Waals surface area (Å²) in [6.07, 6.45) is 2.14. The lowest BCUT2D eigenvalue weighted by molar-refractivity contribution is 0.0792. The lowest BCUT2D eigenvalue weighted by Crippen LogP contribution is -2.46. The summed E-state index contributed by atoms with van der Waals surface area (Å²) in [6.45, 7) is 9.25. The van der Waals surface area contributed by atoms with Gasteiger partial charge in [-0.3, -0.25) is 4.79 Å². The minimum atomic E-state index is -0.249. The zero-order valence-electron chi connectivity index (χ0n) is 18.8. The van der Waals surface area contributed by atoms with E-state index in [9.17, 15) is 9.59 Å². The number of hydrogen-bond acceptors (Lipinski definition) is 4. The second-order valence-corrected chi connectivity index (χ2v) is 8.45. The van der Waals surface area contributed by atoms with E-state index in [4.69, 9.17) is 0 Å². The number of carbonyl (C=O) groups excluding carboxylic acids is 2. The number of likely N-dealkylation sites (tertiary alicyclic amines) is 1. The molecule has 0 atom stereocenters. The fourth-order valence-electron chi connectivity index (χ4n) is 4.43. The van der Waals surface area contributed by atoms with Gasteiger partial charge in [-0.05, 0) is 49.2 Å². The molecule has 0 radical (unpaired) electrons. The van der Waals surface area contributed by atoms with E-state index in [0.29, 0.717) is 12.1 Å². The van der Waals surface area contributed by atoms with Crippen molar-refractivity contribution < 1.29 is 9.59 Å². The molecule has 0 unspecified atom stereocenters. The third-order valence-corrected chi connectivity index (χ3v) is 6.33. The lowest BCUT2D eigenvalue weighted by atomic mass is 10.1. The second-order valence-electron chi connectivity index (χ2n) is 8.45. The summed E-state index contributed by atoms with van der Waals surface area (Å²) in [5, 5.41) is 5.93. The third kappa shape index (κ3) is 5.40. The first kappa shape index (κ1) is 22.1. The molecule has 2 aliphatic heterocycles. The van der Waals surface area contributed by atoms with Crippen molar-refractivity contribution in [2.45, 2.75) is 26.3 Å². The van der Waals surface area contributed by atoms with Gasteiger partial charge in [0, 0.05) is 51.4 Å². The first-order chi connectivity index (χ1) is 15.6. The largest absolute Gasteiger partial charge is 0.367 e. The first-order valence-electron chi connectivity index (χ1n) is 11.6. The number of anilines is 2. The molecule has 2 aliphatic rings. The second kappa shape index (κ2) is 10.5. The van der Waals surface area contributed by atoms with Crippen LogP contribution in [-0.2, 0) is 6.54 Å². The van der Waals surface area contributed by atoms with Crippen molar-refractivity contribution in [2.75, 3.05) is 56.0 Å². The molecule has 2 saturated heterocycles. The van der Waals surface area contributed by atoms with Crippen LogP contribution in [0.15, 0.2) is 48.5 Å². The molecule has 3 amide bonds. The van der Waals surface area contributed by atoms with Gasteiger partial charge in [0.2, 0.25) is 0 Å². The van der Waals surface area contributed by atoms with E-state index in [1.807, 2.05) is 47.4 Å². The Labute approximate surface area is 190 Å². The Balaban J connectivity index is 1.34. The molecular weight excluding hydrogens is 402 g/mol. The highest BCUT2D eigenvalue weighted by Gasteiger charge is 2.20. The number of rotatable bonds is 6. The number of piperazine rings is 1. The topological polar surface area (TPSA) is 67.9 Å². The number of benzene rings is 2. The van der Waals surface area contributed by atoms with Crippen molar-refractivity contribution in [3.05, 3.63) is 59.7 Å². The van der Waals surface area contributed by atoms with Crippen molar-refractivity contribution in [2.24, 2.45) is 0 Å². The zero-order valence-corrected chi connectivity index (χ0v) is 18.8. The summed E-state index contributed by atoms with van der Waals surface area (Å²) in [4.78, 5) is 31.9. The van der Waals surface area contributed by atoms with E-state index in [-0.39, 0.29) is 11.9 Å². The standard InChI is InChI=1S/C25H33N5O2/c1-2-28-14-16-29(17-15-28)23-11-4-3-10-22(23)27-25(32)26-19-20-8-7-9-21(18-20)24(31)30-12-5-6-13-30/h3-4,7-11,18H,2,5-6,12-17,19H2,1H3,(H2,26,27,32). The molecule has 170 valence electrons. The van der Waals surface area contributed by atoms with Crippen LogP contribution >= 0.6 is 0 Å². The van der Waals surface area contributed by atoms with Gasteiger partial charge in [0.05, 0.1) is 11.4 Å². The van der Waals surface area contributed by atoms with Crippen molar-refractivity contribution in [1.82, 2.24) is 15.1 Å². The molecule has 0 spiro atoms. The fourth-order valence-corrected chi connectivity index (χ4v) is 4.43. The van der Waals surface area contributed by atoms with Crippen LogP contribution in [0.4, 0.5) is 16.2 Å². The van der Waals surface area contributed by atoms with E-state index in [0.717, 1.165) is 75.6 Å². The van der Waals surface area contributed by atoms with E-state index < -0.39 is 0 Å². The summed E-state index contributed by atoms with van der Waals surface area (Å²) >= 11 is 0. The van der Waals surface area contributed by atoms with E-state index >= 15 is 0 Å². The van der Waals surface area contributed by atoms with E-state index in [2.05, 4.69) is 33.4 Å². The van der Waals surface area contributed by atoms with Gasteiger partial charge in [0.25, 0.3) is 5.91 Å². The maximum absolute atomic E-state index is 12.6. The van der Waals surface area contributed by atoms with Gasteiger partial charge < -0.3 is 25.3 Å². The monoisotopic (exact) mass is 435 g/mol. The lowest BCUT2D eigenvalue weighted by Gasteiger charge is -2.36. The Hall–Kier alpha value is -3.06. The van der Waals surface area contributed by atoms with Crippen molar-refractivity contribution >= 4 is 23.3 Å². The Kier molecular flexibility index (Phi) is 7.27. The molecule has 0 bridgehead atoms. The molecule has 0 aliphatic carbocycles. The number of likely N-dealkylation sites (N-methyl/N-ethyl adjacent to an activating group) is 1. The van der Waals surface area contributed by atoms with Crippen LogP contribution in [0.25, 0.3) is 0 Å². The van der Waals surface area contributed by atoms with Crippen molar-refractivity contribution in [3.8, 4) is 0 Å². The predicted octanol–water partition coefficient (Wildman–Crippen LogP) is 3.39. The Morgan fingerprint density at radius 3 is 2.41 bits per heavy atom. The van der Waals surface area contributed by atoms with Crippen molar-refractivity contribution in [1.29, 1.82) is 0 Å². The number of nitrogens with zero attached hydrogens (tertiary/aromatic N) is 3. The molecule has 2 heterocycles. The van der Waals surface area contributed by atoms with Gasteiger partial charge >= 0.3 is 6.03 Å². The fraction of sp³-hybridized carbons (Fsp3) is 0.440. The normalized spacial score (nSPS) is 16.8. The highest BCUT2D eigenvalue weighted by atomic mass is 16.2. The van der Waals surface area contributed by atoms with Gasteiger partial charge in [0.15, 0.2) is 0 Å². The number of carbonyl (C=O) groups is 2. The SMILES string of the molecule is CCN1CCN(c2ccccc2NC(=O)NCc2cccc(C(=O)N3CCCC3)c2)CC1. The van der Waals surface area contributed by atoms with Crippen LogP contribution in [-0.4, -0.2) is 67.6 Å². The molecule has 2 fully saturated rings. The molecule has 0 aromatic heterocycles. The summed E-state index contributed by atoms with van der Waals surface area (Å²) < 4.78 is 0. The Bertz CT molecular complexity index is 933. The van der Waals surface area contributed by atoms with Gasteiger partial charge in [0.1, 0.15) is 0 Å². The molecular formula is C25H33N5O2. The molecule has 0 saturated carbocycles. The van der Waals surface area contributed by atoms with Crippen LogP contribution in [0.1, 0.15) is 35.7 Å². The highest BCUT2D eigenvalue weighted by Crippen LogP contribution is 2.26. The van der Waals surface area contributed by atoms with E-state index in [1.54, 1.807) is 0 Å². The van der Waals surface area contributed by atoms with Crippen LogP contribution in [0, 0.1) is 0 Å². The summed E-state index contributed by atoms with van der Waals surface area (Å²) in [7, 11) is 0. The maximum atomic E-state index is 12.6. The smallest absolute Gasteiger partial charge is 0.319 e. The van der Waals surface area contributed by atoms with Crippen LogP contribution in [0.5, 0.6) is 0 Å². The molecule has 2 N–H and O–H groups in total. The minimum absolute atomic E-state index is 0.0749. The highest BCUT2D eigenvalue weighted by molar-refractivity contribution is 5.95. The molecule has 7 nitrogen and oxygen atoms in total. The van der Waals surface area contributed by atoms with Gasteiger partial charge in [-0.2, -0.15) is 0 Å². The van der Waals surface area contributed by atoms with Crippen molar-refractivity contribution in [3.63, 3.8) is 0 Å². The summed E-state index contributed by atoms with van der Waals surface area (Å²) in [5.41, 5.74) is 3.46. The Morgan fingerprint density at radius 1 is 0.906 bits per heavy atom. The van der Waals surface area contributed by atoms with Crippen LogP contribution in [0.3, 0.4) is 0 Å². The maximum Gasteiger partial charge on any atom is 0.319 e. The number of amides is 3. The molecule has 4 rings (SSSR count). The number of para-hydroxylation sites is 2. The summed E-state index contributed by atoms with van der Waals surface area (Å²) in [5.74, 6) is 0.0749. The zero-order chi connectivity index (χ0) is 22.3. The predicted molar refractivity (Wildman–Crippen MR) is 128 cm³/mol. The third-order valence-electron chi connectivity index (χ3n) is 6.33. The minimum Gasteiger partial charge on any atom is -0.367 e. The van der Waals surface area contributed by atoms with Crippen LogP contribution in [0.2, 0.25) is 0 Å². The number of nitrogens with one attached hydrogen (secondary N) is 2. The first-order valence-corrected chi connectivity index (χ1v) is 11.6. The van der Waals surface area contributed by atoms with Gasteiger partial charge in [-0.1, -0.05) is 31.2 Å². The summed E-state index contributed by atoms with van der Waals surface area (Å²) in [6, 6.07) is 15.2. The average molecular weight is 436 g/mol. The van der Waals surface area contributed by atoms with Gasteiger partial charge in [-0.15, -0.1) is 0 Å². The van der Waals surface area contributed by atoms with Gasteiger partial charge in [-0.25, -0.2) is 4.79 Å². The molecule has 32 heavy (non-hydrogen) atoms. The number of hydrogen-bond donors (Lipinski definition) is 2. The quantitative estimate of drug-likeness (QED) is 0.730. The van der Waals surface area contributed by atoms with E-state index in [1.165, 1.54) is 0 Å². The average Bonchev–Trinajstić information content (AvgIpc) is 3.38. The molecule has 2 aromatic carbocycles. The Morgan fingerprint density at radius 2 is 1.66 bits per heavy atom. The molecule has 2 aromatic rings.